The number of phenolic OH excluding ortho intramolecular Hbond substituents is 1. The van der Waals surface area contributed by atoms with Crippen molar-refractivity contribution in [1.82, 2.24) is 0 Å². The van der Waals surface area contributed by atoms with Gasteiger partial charge in [-0.1, -0.05) is 12.0 Å². The van der Waals surface area contributed by atoms with Crippen molar-refractivity contribution in [3.8, 4) is 23.8 Å². The van der Waals surface area contributed by atoms with Gasteiger partial charge in [0.25, 0.3) is 0 Å². The summed E-state index contributed by atoms with van der Waals surface area (Å²) < 4.78 is 44.4. The molecule has 0 aliphatic rings. The van der Waals surface area contributed by atoms with Gasteiger partial charge in [0.2, 0.25) is 0 Å². The summed E-state index contributed by atoms with van der Waals surface area (Å²) in [6.45, 7) is -0.135. The Morgan fingerprint density at radius 1 is 1.26 bits per heavy atom. The molecule has 0 amide bonds. The zero-order valence-electron chi connectivity index (χ0n) is 12.2. The lowest BCUT2D eigenvalue weighted by Crippen LogP contribution is -2.10. The van der Waals surface area contributed by atoms with Crippen LogP contribution in [-0.2, 0) is 12.8 Å². The van der Waals surface area contributed by atoms with Crippen LogP contribution in [0.3, 0.4) is 0 Å². The number of halogens is 3. The third-order valence-electron chi connectivity index (χ3n) is 3.24. The number of hydrogen-bond acceptors (Lipinski definition) is 3. The number of nitrogens with one attached hydrogen (secondary N) is 1. The Balaban J connectivity index is 2.35. The molecule has 2 aromatic rings. The first-order chi connectivity index (χ1) is 10.9. The summed E-state index contributed by atoms with van der Waals surface area (Å²) in [7, 11) is 1.68. The maximum absolute atomic E-state index is 13.0. The average molecular weight is 321 g/mol. The molecule has 2 N–H and O–H groups in total. The van der Waals surface area contributed by atoms with E-state index >= 15 is 0 Å². The van der Waals surface area contributed by atoms with Gasteiger partial charge in [-0.2, -0.15) is 13.2 Å². The van der Waals surface area contributed by atoms with Crippen molar-refractivity contribution in [2.24, 2.45) is 0 Å². The van der Waals surface area contributed by atoms with Gasteiger partial charge in [0, 0.05) is 23.9 Å². The first kappa shape index (κ1) is 16.6. The molecule has 0 saturated heterocycles. The fourth-order valence-corrected chi connectivity index (χ4v) is 2.13. The van der Waals surface area contributed by atoms with E-state index in [4.69, 9.17) is 11.2 Å². The molecule has 0 spiro atoms. The number of aromatic hydroxyl groups is 1. The van der Waals surface area contributed by atoms with Gasteiger partial charge in [-0.3, -0.25) is 0 Å². The Kier molecular flexibility index (Phi) is 4.70. The maximum atomic E-state index is 13.0. The van der Waals surface area contributed by atoms with Crippen LogP contribution in [0.15, 0.2) is 36.4 Å². The van der Waals surface area contributed by atoms with Gasteiger partial charge in [-0.05, 0) is 30.3 Å². The van der Waals surface area contributed by atoms with Gasteiger partial charge < -0.3 is 15.2 Å². The highest BCUT2D eigenvalue weighted by Crippen LogP contribution is 2.38. The molecule has 2 rings (SSSR count). The Bertz CT molecular complexity index is 748. The lowest BCUT2D eigenvalue weighted by molar-refractivity contribution is -0.139. The van der Waals surface area contributed by atoms with E-state index < -0.39 is 17.5 Å². The van der Waals surface area contributed by atoms with Gasteiger partial charge in [-0.25, -0.2) is 0 Å². The van der Waals surface area contributed by atoms with Crippen molar-refractivity contribution in [2.75, 3.05) is 12.4 Å². The van der Waals surface area contributed by atoms with Gasteiger partial charge in [-0.15, -0.1) is 6.42 Å². The number of phenols is 1. The lowest BCUT2D eigenvalue weighted by Gasteiger charge is -2.16. The van der Waals surface area contributed by atoms with E-state index in [1.54, 1.807) is 25.2 Å². The highest BCUT2D eigenvalue weighted by atomic mass is 19.4. The molecule has 120 valence electrons. The highest BCUT2D eigenvalue weighted by Gasteiger charge is 2.35. The van der Waals surface area contributed by atoms with E-state index in [0.29, 0.717) is 22.9 Å². The van der Waals surface area contributed by atoms with E-state index in [0.717, 1.165) is 12.1 Å². The third kappa shape index (κ3) is 3.69. The Morgan fingerprint density at radius 3 is 2.61 bits per heavy atom. The molecule has 0 aliphatic heterocycles. The van der Waals surface area contributed by atoms with Crippen molar-refractivity contribution >= 4 is 5.69 Å². The zero-order chi connectivity index (χ0) is 17.0. The van der Waals surface area contributed by atoms with Crippen molar-refractivity contribution < 1.29 is 23.0 Å². The number of ether oxygens (including phenoxy) is 1. The quantitative estimate of drug-likeness (QED) is 0.836. The standard InChI is InChI=1S/C17H14F3NO2/c1-3-11-5-4-6-15(21-2)13(11)10-23-16-8-7-12(22)9-14(16)17(18,19)20/h1,4-9,21-22H,10H2,2H3. The van der Waals surface area contributed by atoms with E-state index in [2.05, 4.69) is 11.2 Å². The van der Waals surface area contributed by atoms with Gasteiger partial charge in [0.05, 0.1) is 0 Å². The van der Waals surface area contributed by atoms with Crippen molar-refractivity contribution in [1.29, 1.82) is 0 Å². The first-order valence-corrected chi connectivity index (χ1v) is 6.66. The Labute approximate surface area is 131 Å². The van der Waals surface area contributed by atoms with Crippen LogP contribution in [0.25, 0.3) is 0 Å². The average Bonchev–Trinajstić information content (AvgIpc) is 2.52. The second-order valence-corrected chi connectivity index (χ2v) is 4.69. The van der Waals surface area contributed by atoms with E-state index in [1.807, 2.05) is 0 Å². The monoisotopic (exact) mass is 321 g/mol. The van der Waals surface area contributed by atoms with Crippen LogP contribution in [0, 0.1) is 12.3 Å². The normalized spacial score (nSPS) is 10.9. The van der Waals surface area contributed by atoms with E-state index in [-0.39, 0.29) is 12.4 Å². The van der Waals surface area contributed by atoms with E-state index in [1.165, 1.54) is 0 Å². The molecule has 0 unspecified atom stereocenters. The Morgan fingerprint density at radius 2 is 2.00 bits per heavy atom. The SMILES string of the molecule is C#Cc1cccc(NC)c1COc1ccc(O)cc1C(F)(F)F. The summed E-state index contributed by atoms with van der Waals surface area (Å²) in [5.74, 6) is 1.63. The number of hydrogen-bond donors (Lipinski definition) is 2. The van der Waals surface area contributed by atoms with Crippen molar-refractivity contribution in [3.63, 3.8) is 0 Å². The van der Waals surface area contributed by atoms with Crippen molar-refractivity contribution in [2.45, 2.75) is 12.8 Å². The molecule has 0 aromatic heterocycles. The van der Waals surface area contributed by atoms with Crippen LogP contribution >= 0.6 is 0 Å². The molecule has 0 heterocycles. The van der Waals surface area contributed by atoms with Crippen LogP contribution in [0.1, 0.15) is 16.7 Å². The summed E-state index contributed by atoms with van der Waals surface area (Å²) in [6, 6.07) is 8.02. The maximum Gasteiger partial charge on any atom is 0.420 e. The molecule has 0 bridgehead atoms. The van der Waals surface area contributed by atoms with Gasteiger partial charge in [0.1, 0.15) is 23.7 Å². The molecule has 2 aromatic carbocycles. The topological polar surface area (TPSA) is 41.5 Å². The minimum Gasteiger partial charge on any atom is -0.508 e. The Hall–Kier alpha value is -2.81. The van der Waals surface area contributed by atoms with Gasteiger partial charge >= 0.3 is 6.18 Å². The summed E-state index contributed by atoms with van der Waals surface area (Å²) in [5.41, 5.74) is 0.748. The number of rotatable bonds is 4. The number of benzene rings is 2. The minimum absolute atomic E-state index is 0.135. The molecule has 0 atom stereocenters. The largest absolute Gasteiger partial charge is 0.508 e. The molecule has 3 nitrogen and oxygen atoms in total. The molecular formula is C17H14F3NO2. The molecule has 0 fully saturated rings. The zero-order valence-corrected chi connectivity index (χ0v) is 12.2. The molecule has 0 saturated carbocycles. The minimum atomic E-state index is -4.63. The molecule has 0 aliphatic carbocycles. The molecule has 23 heavy (non-hydrogen) atoms. The molecular weight excluding hydrogens is 307 g/mol. The fraction of sp³-hybridized carbons (Fsp3) is 0.176. The second-order valence-electron chi connectivity index (χ2n) is 4.69. The van der Waals surface area contributed by atoms with Crippen LogP contribution in [0.5, 0.6) is 11.5 Å². The van der Waals surface area contributed by atoms with Crippen LogP contribution < -0.4 is 10.1 Å². The number of terminal acetylenes is 1. The fourth-order valence-electron chi connectivity index (χ4n) is 2.13. The first-order valence-electron chi connectivity index (χ1n) is 6.66. The second kappa shape index (κ2) is 6.53. The highest BCUT2D eigenvalue weighted by molar-refractivity contribution is 5.58. The lowest BCUT2D eigenvalue weighted by atomic mass is 10.1. The van der Waals surface area contributed by atoms with Gasteiger partial charge in [0.15, 0.2) is 0 Å². The predicted molar refractivity (Wildman–Crippen MR) is 81.4 cm³/mol. The molecule has 0 radical (unpaired) electrons. The van der Waals surface area contributed by atoms with Crippen LogP contribution in [-0.4, -0.2) is 12.2 Å². The summed E-state index contributed by atoms with van der Waals surface area (Å²) in [5, 5.41) is 12.2. The summed E-state index contributed by atoms with van der Waals surface area (Å²) in [6.07, 6.45) is 0.782. The van der Waals surface area contributed by atoms with Crippen molar-refractivity contribution in [3.05, 3.63) is 53.1 Å². The molecule has 6 heteroatoms. The number of alkyl halides is 3. The predicted octanol–water partition coefficient (Wildman–Crippen LogP) is 4.01. The number of anilines is 1. The van der Waals surface area contributed by atoms with Crippen LogP contribution in [0.2, 0.25) is 0 Å². The van der Waals surface area contributed by atoms with Crippen LogP contribution in [0.4, 0.5) is 18.9 Å². The summed E-state index contributed by atoms with van der Waals surface area (Å²) in [4.78, 5) is 0. The summed E-state index contributed by atoms with van der Waals surface area (Å²) >= 11 is 0. The van der Waals surface area contributed by atoms with E-state index in [9.17, 15) is 18.3 Å². The smallest absolute Gasteiger partial charge is 0.420 e. The third-order valence-corrected chi connectivity index (χ3v) is 3.24.